The number of hydrogen-bond acceptors (Lipinski definition) is 3. The second kappa shape index (κ2) is 8.16. The van der Waals surface area contributed by atoms with Crippen molar-refractivity contribution in [2.45, 2.75) is 49.7 Å². The van der Waals surface area contributed by atoms with E-state index in [0.29, 0.717) is 0 Å². The fourth-order valence-electron chi connectivity index (χ4n) is 5.22. The zero-order valence-corrected chi connectivity index (χ0v) is 17.8. The molecule has 2 aromatic carbocycles. The molecule has 4 heteroatoms. The van der Waals surface area contributed by atoms with Crippen molar-refractivity contribution in [2.75, 3.05) is 32.7 Å². The van der Waals surface area contributed by atoms with Gasteiger partial charge < -0.3 is 14.5 Å². The van der Waals surface area contributed by atoms with Crippen molar-refractivity contribution in [1.82, 2.24) is 9.80 Å². The van der Waals surface area contributed by atoms with Gasteiger partial charge in [-0.15, -0.1) is 0 Å². The lowest BCUT2D eigenvalue weighted by Gasteiger charge is -2.47. The Kier molecular flexibility index (Phi) is 5.38. The van der Waals surface area contributed by atoms with Gasteiger partial charge in [-0.2, -0.15) is 0 Å². The smallest absolute Gasteiger partial charge is 0.254 e. The minimum atomic E-state index is -0.180. The molecule has 1 atom stereocenters. The van der Waals surface area contributed by atoms with E-state index in [2.05, 4.69) is 40.1 Å². The monoisotopic (exact) mass is 404 g/mol. The minimum absolute atomic E-state index is 0.0814. The molecule has 3 fully saturated rings. The number of nitrogens with zero attached hydrogens (tertiary/aromatic N) is 2. The number of morpholine rings is 1. The molecule has 4 nitrogen and oxygen atoms in total. The number of hydrogen-bond donors (Lipinski definition) is 0. The van der Waals surface area contributed by atoms with Crippen LogP contribution in [0.1, 0.15) is 48.0 Å². The van der Waals surface area contributed by atoms with Crippen LogP contribution in [0.3, 0.4) is 0 Å². The van der Waals surface area contributed by atoms with Crippen LogP contribution >= 0.6 is 0 Å². The quantitative estimate of drug-likeness (QED) is 0.767. The van der Waals surface area contributed by atoms with Gasteiger partial charge in [-0.25, -0.2) is 0 Å². The van der Waals surface area contributed by atoms with Crippen LogP contribution in [0.5, 0.6) is 0 Å². The molecule has 2 aromatic rings. The van der Waals surface area contributed by atoms with Crippen molar-refractivity contribution in [3.05, 3.63) is 71.8 Å². The van der Waals surface area contributed by atoms with E-state index in [1.807, 2.05) is 30.3 Å². The highest BCUT2D eigenvalue weighted by molar-refractivity contribution is 5.94. The van der Waals surface area contributed by atoms with Crippen molar-refractivity contribution in [2.24, 2.45) is 0 Å². The molecule has 1 saturated carbocycles. The summed E-state index contributed by atoms with van der Waals surface area (Å²) in [7, 11) is 0. The second-order valence-corrected chi connectivity index (χ2v) is 9.43. The van der Waals surface area contributed by atoms with Gasteiger partial charge in [0.1, 0.15) is 0 Å². The normalized spacial score (nSPS) is 25.9. The van der Waals surface area contributed by atoms with Crippen LogP contribution in [0.25, 0.3) is 0 Å². The maximum Gasteiger partial charge on any atom is 0.254 e. The Balaban J connectivity index is 1.26. The molecule has 0 radical (unpaired) electrons. The number of rotatable bonds is 4. The summed E-state index contributed by atoms with van der Waals surface area (Å²) in [6.07, 6.45) is 6.48. The molecule has 158 valence electrons. The molecule has 2 spiro atoms. The van der Waals surface area contributed by atoms with Crippen LogP contribution in [0.4, 0.5) is 0 Å². The highest BCUT2D eigenvalue weighted by Crippen LogP contribution is 2.49. The summed E-state index contributed by atoms with van der Waals surface area (Å²) in [5.41, 5.74) is 1.94. The summed E-state index contributed by atoms with van der Waals surface area (Å²) in [6, 6.07) is 20.5. The van der Waals surface area contributed by atoms with Gasteiger partial charge in [0.15, 0.2) is 0 Å². The summed E-state index contributed by atoms with van der Waals surface area (Å²) >= 11 is 0. The largest absolute Gasteiger partial charge is 0.365 e. The molecule has 0 N–H and O–H groups in total. The van der Waals surface area contributed by atoms with Gasteiger partial charge in [-0.3, -0.25) is 4.79 Å². The molecular weight excluding hydrogens is 372 g/mol. The predicted molar refractivity (Wildman–Crippen MR) is 119 cm³/mol. The van der Waals surface area contributed by atoms with Crippen molar-refractivity contribution in [1.29, 1.82) is 0 Å². The first-order chi connectivity index (χ1) is 14.7. The molecule has 2 saturated heterocycles. The van der Waals surface area contributed by atoms with Gasteiger partial charge >= 0.3 is 0 Å². The summed E-state index contributed by atoms with van der Waals surface area (Å²) in [6.45, 7) is 4.75. The van der Waals surface area contributed by atoms with Crippen LogP contribution in [0.15, 0.2) is 60.7 Å². The Morgan fingerprint density at radius 3 is 2.20 bits per heavy atom. The summed E-state index contributed by atoms with van der Waals surface area (Å²) in [5.74, 6) is 0.162. The van der Waals surface area contributed by atoms with Gasteiger partial charge in [0, 0.05) is 18.7 Å². The van der Waals surface area contributed by atoms with Gasteiger partial charge in [-0.1, -0.05) is 48.5 Å². The highest BCUT2D eigenvalue weighted by Gasteiger charge is 2.56. The third-order valence-electron chi connectivity index (χ3n) is 7.06. The second-order valence-electron chi connectivity index (χ2n) is 9.43. The summed E-state index contributed by atoms with van der Waals surface area (Å²) in [5, 5.41) is 0. The number of amides is 1. The lowest BCUT2D eigenvalue weighted by Crippen LogP contribution is -2.58. The molecule has 5 rings (SSSR count). The molecule has 30 heavy (non-hydrogen) atoms. The molecule has 2 heterocycles. The molecule has 3 aliphatic rings. The fourth-order valence-corrected chi connectivity index (χ4v) is 5.22. The van der Waals surface area contributed by atoms with Crippen molar-refractivity contribution >= 4 is 5.91 Å². The minimum Gasteiger partial charge on any atom is -0.365 e. The van der Waals surface area contributed by atoms with E-state index in [0.717, 1.165) is 76.8 Å². The lowest BCUT2D eigenvalue weighted by molar-refractivity contribution is -0.165. The SMILES string of the molecule is O=C(c1ccccc1)N1CC2(CCCN(CCc3ccccc3)CC2)OC2(CC2)C1. The number of carbonyl (C=O) groups excluding carboxylic acids is 1. The molecule has 0 bridgehead atoms. The Bertz CT molecular complexity index is 865. The Morgan fingerprint density at radius 1 is 0.833 bits per heavy atom. The molecule has 1 amide bonds. The van der Waals surface area contributed by atoms with Crippen molar-refractivity contribution in [3.63, 3.8) is 0 Å². The van der Waals surface area contributed by atoms with Crippen molar-refractivity contribution in [3.8, 4) is 0 Å². The van der Waals surface area contributed by atoms with E-state index in [9.17, 15) is 4.79 Å². The topological polar surface area (TPSA) is 32.8 Å². The molecule has 2 aliphatic heterocycles. The van der Waals surface area contributed by atoms with E-state index < -0.39 is 0 Å². The van der Waals surface area contributed by atoms with E-state index in [1.165, 1.54) is 5.56 Å². The zero-order valence-electron chi connectivity index (χ0n) is 17.8. The van der Waals surface area contributed by atoms with E-state index in [-0.39, 0.29) is 17.1 Å². The third kappa shape index (κ3) is 4.30. The summed E-state index contributed by atoms with van der Waals surface area (Å²) < 4.78 is 6.80. The Hall–Kier alpha value is -2.17. The van der Waals surface area contributed by atoms with Crippen molar-refractivity contribution < 1.29 is 9.53 Å². The molecule has 1 aliphatic carbocycles. The first-order valence-corrected chi connectivity index (χ1v) is 11.5. The number of ether oxygens (including phenoxy) is 1. The highest BCUT2D eigenvalue weighted by atomic mass is 16.5. The average Bonchev–Trinajstić information content (AvgIpc) is 3.56. The van der Waals surface area contributed by atoms with Crippen LogP contribution in [-0.2, 0) is 11.2 Å². The molecule has 1 unspecified atom stereocenters. The standard InChI is InChI=1S/C26H32N2O2/c29-24(23-10-5-2-6-11-23)28-20-25(30-26(21-28)14-15-26)13-7-17-27(19-16-25)18-12-22-8-3-1-4-9-22/h1-6,8-11H,7,12-21H2. The molecular formula is C26H32N2O2. The average molecular weight is 405 g/mol. The van der Waals surface area contributed by atoms with Gasteiger partial charge in [0.2, 0.25) is 0 Å². The lowest BCUT2D eigenvalue weighted by atomic mass is 9.90. The zero-order chi connectivity index (χ0) is 20.4. The number of likely N-dealkylation sites (tertiary alicyclic amines) is 1. The van der Waals surface area contributed by atoms with Gasteiger partial charge in [0.05, 0.1) is 24.3 Å². The van der Waals surface area contributed by atoms with Crippen LogP contribution in [0, 0.1) is 0 Å². The molecule has 0 aromatic heterocycles. The maximum absolute atomic E-state index is 13.2. The van der Waals surface area contributed by atoms with Gasteiger partial charge in [-0.05, 0) is 62.8 Å². The van der Waals surface area contributed by atoms with Crippen LogP contribution < -0.4 is 0 Å². The first-order valence-electron chi connectivity index (χ1n) is 11.5. The third-order valence-corrected chi connectivity index (χ3v) is 7.06. The van der Waals surface area contributed by atoms with E-state index in [4.69, 9.17) is 4.74 Å². The first kappa shape index (κ1) is 19.8. The van der Waals surface area contributed by atoms with Crippen LogP contribution in [-0.4, -0.2) is 59.6 Å². The Morgan fingerprint density at radius 2 is 1.50 bits per heavy atom. The number of benzene rings is 2. The number of carbonyl (C=O) groups is 1. The van der Waals surface area contributed by atoms with E-state index >= 15 is 0 Å². The van der Waals surface area contributed by atoms with Gasteiger partial charge in [0.25, 0.3) is 5.91 Å². The summed E-state index contributed by atoms with van der Waals surface area (Å²) in [4.78, 5) is 17.9. The fraction of sp³-hybridized carbons (Fsp3) is 0.500. The van der Waals surface area contributed by atoms with E-state index in [1.54, 1.807) is 0 Å². The van der Waals surface area contributed by atoms with Crippen LogP contribution in [0.2, 0.25) is 0 Å². The predicted octanol–water partition coefficient (Wildman–Crippen LogP) is 4.16. The Labute approximate surface area is 179 Å². The maximum atomic E-state index is 13.2.